The van der Waals surface area contributed by atoms with Crippen molar-refractivity contribution in [2.45, 2.75) is 0 Å². The SMILES string of the molecule is O=c1c2ccc(-c3cccc([N+](=O)[O-])c3)cc2oc2cc(-c3cccc([N+](=O)[O-])c3)ccc12. The molecule has 0 bridgehead atoms. The summed E-state index contributed by atoms with van der Waals surface area (Å²) in [6.45, 7) is 0. The van der Waals surface area contributed by atoms with Crippen LogP contribution < -0.4 is 5.43 Å². The molecule has 160 valence electrons. The van der Waals surface area contributed by atoms with Crippen molar-refractivity contribution in [3.05, 3.63) is 115 Å². The fourth-order valence-electron chi connectivity index (χ4n) is 3.81. The molecule has 0 unspecified atom stereocenters. The number of nitro benzene ring substituents is 2. The second-order valence-corrected chi connectivity index (χ2v) is 7.47. The number of non-ortho nitro benzene ring substituents is 2. The van der Waals surface area contributed by atoms with E-state index < -0.39 is 9.85 Å². The van der Waals surface area contributed by atoms with Crippen LogP contribution in [0.5, 0.6) is 0 Å². The Bertz CT molecular complexity index is 1540. The van der Waals surface area contributed by atoms with Crippen LogP contribution in [0.1, 0.15) is 0 Å². The van der Waals surface area contributed by atoms with E-state index in [0.717, 1.165) is 0 Å². The fourth-order valence-corrected chi connectivity index (χ4v) is 3.81. The molecule has 0 spiro atoms. The highest BCUT2D eigenvalue weighted by molar-refractivity contribution is 5.93. The van der Waals surface area contributed by atoms with Gasteiger partial charge in [0.2, 0.25) is 5.43 Å². The van der Waals surface area contributed by atoms with Gasteiger partial charge in [-0.2, -0.15) is 0 Å². The molecule has 0 aliphatic rings. The van der Waals surface area contributed by atoms with Crippen LogP contribution in [0.15, 0.2) is 94.1 Å². The van der Waals surface area contributed by atoms with Gasteiger partial charge in [-0.1, -0.05) is 36.4 Å². The number of nitro groups is 2. The molecule has 0 fully saturated rings. The Kier molecular flexibility index (Phi) is 4.68. The summed E-state index contributed by atoms with van der Waals surface area (Å²) >= 11 is 0. The van der Waals surface area contributed by atoms with Crippen LogP contribution in [0, 0.1) is 20.2 Å². The molecule has 1 heterocycles. The Labute approximate surface area is 185 Å². The van der Waals surface area contributed by atoms with Crippen LogP contribution in [0.3, 0.4) is 0 Å². The van der Waals surface area contributed by atoms with Crippen molar-refractivity contribution in [3.63, 3.8) is 0 Å². The minimum absolute atomic E-state index is 0.0332. The molecule has 4 aromatic carbocycles. The van der Waals surface area contributed by atoms with Crippen molar-refractivity contribution in [1.29, 1.82) is 0 Å². The van der Waals surface area contributed by atoms with Crippen molar-refractivity contribution >= 4 is 33.3 Å². The van der Waals surface area contributed by atoms with Crippen molar-refractivity contribution in [2.24, 2.45) is 0 Å². The van der Waals surface area contributed by atoms with Crippen molar-refractivity contribution in [1.82, 2.24) is 0 Å². The van der Waals surface area contributed by atoms with Crippen LogP contribution in [-0.4, -0.2) is 9.85 Å². The first-order valence-electron chi connectivity index (χ1n) is 9.91. The predicted octanol–water partition coefficient (Wildman–Crippen LogP) is 6.10. The maximum absolute atomic E-state index is 13.0. The third kappa shape index (κ3) is 3.59. The van der Waals surface area contributed by atoms with Crippen molar-refractivity contribution in [2.75, 3.05) is 0 Å². The first kappa shape index (κ1) is 20.1. The number of fused-ring (bicyclic) bond motifs is 2. The molecule has 0 N–H and O–H groups in total. The summed E-state index contributed by atoms with van der Waals surface area (Å²) in [4.78, 5) is 34.3. The highest BCUT2D eigenvalue weighted by atomic mass is 16.6. The van der Waals surface area contributed by atoms with E-state index in [4.69, 9.17) is 4.42 Å². The summed E-state index contributed by atoms with van der Waals surface area (Å²) in [7, 11) is 0. The van der Waals surface area contributed by atoms with Gasteiger partial charge in [0.15, 0.2) is 0 Å². The lowest BCUT2D eigenvalue weighted by atomic mass is 10.0. The van der Waals surface area contributed by atoms with E-state index in [1.807, 2.05) is 0 Å². The summed E-state index contributed by atoms with van der Waals surface area (Å²) in [5.74, 6) is 0. The van der Waals surface area contributed by atoms with E-state index in [0.29, 0.717) is 44.2 Å². The van der Waals surface area contributed by atoms with Gasteiger partial charge in [0.1, 0.15) is 11.2 Å². The molecule has 5 rings (SSSR count). The van der Waals surface area contributed by atoms with Gasteiger partial charge in [0.05, 0.1) is 20.6 Å². The summed E-state index contributed by atoms with van der Waals surface area (Å²) in [5, 5.41) is 23.0. The Morgan fingerprint density at radius 3 is 1.42 bits per heavy atom. The van der Waals surface area contributed by atoms with Crippen LogP contribution >= 0.6 is 0 Å². The number of rotatable bonds is 4. The first-order chi connectivity index (χ1) is 15.9. The van der Waals surface area contributed by atoms with Crippen molar-refractivity contribution in [3.8, 4) is 22.3 Å². The number of benzene rings is 4. The molecule has 0 saturated carbocycles. The zero-order valence-corrected chi connectivity index (χ0v) is 16.9. The van der Waals surface area contributed by atoms with Gasteiger partial charge in [0.25, 0.3) is 11.4 Å². The minimum atomic E-state index is -0.465. The van der Waals surface area contributed by atoms with Crippen LogP contribution in [-0.2, 0) is 0 Å². The molecule has 0 amide bonds. The van der Waals surface area contributed by atoms with Gasteiger partial charge in [-0.15, -0.1) is 0 Å². The van der Waals surface area contributed by atoms with E-state index in [1.54, 1.807) is 60.7 Å². The quantitative estimate of drug-likeness (QED) is 0.190. The second kappa shape index (κ2) is 7.69. The van der Waals surface area contributed by atoms with E-state index in [-0.39, 0.29) is 16.8 Å². The van der Waals surface area contributed by atoms with Crippen molar-refractivity contribution < 1.29 is 14.3 Å². The Balaban J connectivity index is 1.66. The Morgan fingerprint density at radius 2 is 1.00 bits per heavy atom. The maximum Gasteiger partial charge on any atom is 0.270 e. The van der Waals surface area contributed by atoms with E-state index in [1.165, 1.54) is 24.3 Å². The molecule has 8 heteroatoms. The molecule has 33 heavy (non-hydrogen) atoms. The second-order valence-electron chi connectivity index (χ2n) is 7.47. The zero-order chi connectivity index (χ0) is 23.1. The molecule has 5 aromatic rings. The molecular formula is C25H14N2O6. The van der Waals surface area contributed by atoms with Crippen LogP contribution in [0.2, 0.25) is 0 Å². The summed E-state index contributed by atoms with van der Waals surface area (Å²) in [6, 6.07) is 22.5. The maximum atomic E-state index is 13.0. The van der Waals surface area contributed by atoms with E-state index in [9.17, 15) is 25.0 Å². The Morgan fingerprint density at radius 1 is 0.576 bits per heavy atom. The standard InChI is InChI=1S/C25H14N2O6/c28-25-21-9-7-17(15-3-1-5-19(11-15)26(29)30)13-23(21)33-24-14-18(8-10-22(24)25)16-4-2-6-20(12-16)27(31)32/h1-14H. The van der Waals surface area contributed by atoms with Gasteiger partial charge in [-0.3, -0.25) is 25.0 Å². The molecule has 0 radical (unpaired) electrons. The predicted molar refractivity (Wildman–Crippen MR) is 124 cm³/mol. The molecule has 8 nitrogen and oxygen atoms in total. The topological polar surface area (TPSA) is 116 Å². The van der Waals surface area contributed by atoms with Crippen LogP contribution in [0.25, 0.3) is 44.2 Å². The lowest BCUT2D eigenvalue weighted by Crippen LogP contribution is -2.02. The van der Waals surface area contributed by atoms with Gasteiger partial charge in [-0.05, 0) is 46.5 Å². The van der Waals surface area contributed by atoms with E-state index >= 15 is 0 Å². The normalized spacial score (nSPS) is 11.0. The third-order valence-electron chi connectivity index (χ3n) is 5.45. The largest absolute Gasteiger partial charge is 0.456 e. The molecule has 0 saturated heterocycles. The van der Waals surface area contributed by atoms with Gasteiger partial charge >= 0.3 is 0 Å². The average Bonchev–Trinajstić information content (AvgIpc) is 2.83. The molecule has 0 atom stereocenters. The fraction of sp³-hybridized carbons (Fsp3) is 0. The van der Waals surface area contributed by atoms with Gasteiger partial charge < -0.3 is 4.42 Å². The molecule has 0 aliphatic heterocycles. The Hall–Kier alpha value is -4.85. The monoisotopic (exact) mass is 438 g/mol. The lowest BCUT2D eigenvalue weighted by molar-refractivity contribution is -0.385. The number of hydrogen-bond acceptors (Lipinski definition) is 6. The molecular weight excluding hydrogens is 424 g/mol. The van der Waals surface area contributed by atoms with Crippen LogP contribution in [0.4, 0.5) is 11.4 Å². The third-order valence-corrected chi connectivity index (χ3v) is 5.45. The minimum Gasteiger partial charge on any atom is -0.456 e. The van der Waals surface area contributed by atoms with Gasteiger partial charge in [-0.25, -0.2) is 0 Å². The highest BCUT2D eigenvalue weighted by Gasteiger charge is 2.13. The van der Waals surface area contributed by atoms with Gasteiger partial charge in [0, 0.05) is 24.3 Å². The number of hydrogen-bond donors (Lipinski definition) is 0. The molecule has 0 aliphatic carbocycles. The highest BCUT2D eigenvalue weighted by Crippen LogP contribution is 2.30. The average molecular weight is 438 g/mol. The smallest absolute Gasteiger partial charge is 0.270 e. The summed E-state index contributed by atoms with van der Waals surface area (Å²) in [6.07, 6.45) is 0. The number of nitrogens with zero attached hydrogens (tertiary/aromatic N) is 2. The zero-order valence-electron chi connectivity index (χ0n) is 16.9. The molecule has 1 aromatic heterocycles. The summed E-state index contributed by atoms with van der Waals surface area (Å²) in [5.41, 5.74) is 3.00. The first-order valence-corrected chi connectivity index (χ1v) is 9.91. The lowest BCUT2D eigenvalue weighted by Gasteiger charge is -2.07. The van der Waals surface area contributed by atoms with E-state index in [2.05, 4.69) is 0 Å². The summed E-state index contributed by atoms with van der Waals surface area (Å²) < 4.78 is 6.04.